The molecule has 3 heterocycles. The lowest BCUT2D eigenvalue weighted by Crippen LogP contribution is -2.54. The largest absolute Gasteiger partial charge is 0.492 e. The van der Waals surface area contributed by atoms with Gasteiger partial charge in [0.15, 0.2) is 0 Å². The summed E-state index contributed by atoms with van der Waals surface area (Å²) in [5.41, 5.74) is -1.21. The fraction of sp³-hybridized carbons (Fsp3) is 0.562. The van der Waals surface area contributed by atoms with Crippen LogP contribution in [0.4, 0.5) is 13.2 Å². The molecule has 7 nitrogen and oxygen atoms in total. The first kappa shape index (κ1) is 31.5. The highest BCUT2D eigenvalue weighted by molar-refractivity contribution is 5.95. The molecule has 0 bridgehead atoms. The molecule has 2 saturated heterocycles. The predicted molar refractivity (Wildman–Crippen MR) is 152 cm³/mol. The summed E-state index contributed by atoms with van der Waals surface area (Å²) in [7, 11) is 0. The number of piperidine rings is 2. The molecular formula is C32H40F3N3O4. The number of ether oxygens (including phenoxy) is 1. The number of alkyl halides is 3. The van der Waals surface area contributed by atoms with E-state index in [9.17, 15) is 27.6 Å². The maximum absolute atomic E-state index is 13.9. The summed E-state index contributed by atoms with van der Waals surface area (Å²) in [6.45, 7) is 7.24. The second kappa shape index (κ2) is 13.3. The maximum atomic E-state index is 13.9. The van der Waals surface area contributed by atoms with Gasteiger partial charge in [0.1, 0.15) is 17.7 Å². The van der Waals surface area contributed by atoms with E-state index in [1.54, 1.807) is 0 Å². The number of hydrogen-bond donors (Lipinski definition) is 0. The topological polar surface area (TPSA) is 79.8 Å². The zero-order valence-electron chi connectivity index (χ0n) is 24.5. The van der Waals surface area contributed by atoms with Crippen molar-refractivity contribution in [3.63, 3.8) is 0 Å². The van der Waals surface area contributed by atoms with Gasteiger partial charge in [0.25, 0.3) is 5.91 Å². The first-order chi connectivity index (χ1) is 20.0. The van der Waals surface area contributed by atoms with Crippen LogP contribution in [0.2, 0.25) is 0 Å². The Balaban J connectivity index is 1.46. The van der Waals surface area contributed by atoms with Crippen LogP contribution in [0.15, 0.2) is 42.6 Å². The molecule has 2 fully saturated rings. The van der Waals surface area contributed by atoms with Crippen molar-refractivity contribution in [1.29, 1.82) is 0 Å². The molecule has 0 radical (unpaired) electrons. The molecule has 2 amide bonds. The van der Waals surface area contributed by atoms with Crippen LogP contribution in [0, 0.1) is 11.3 Å². The molecule has 2 atom stereocenters. The molecule has 228 valence electrons. The van der Waals surface area contributed by atoms with Gasteiger partial charge in [-0.3, -0.25) is 14.6 Å². The van der Waals surface area contributed by atoms with E-state index in [1.165, 1.54) is 17.2 Å². The summed E-state index contributed by atoms with van der Waals surface area (Å²) in [4.78, 5) is 45.8. The van der Waals surface area contributed by atoms with Gasteiger partial charge in [-0.05, 0) is 75.6 Å². The minimum absolute atomic E-state index is 0.0428. The van der Waals surface area contributed by atoms with E-state index in [0.717, 1.165) is 36.5 Å². The van der Waals surface area contributed by atoms with Gasteiger partial charge in [-0.15, -0.1) is 0 Å². The van der Waals surface area contributed by atoms with Crippen molar-refractivity contribution in [2.45, 2.75) is 77.4 Å². The van der Waals surface area contributed by atoms with Crippen LogP contribution in [0.3, 0.4) is 0 Å². The standard InChI is InChI=1S/C32H40F3N3O4/c1-4-9-26-24(11-8-17-38(26)30(41)28-25(32(33,34)35)12-7-16-36-28)29(40)37-18-14-22(15-19-37)23-10-5-6-13-27(23)42-21-31(2,3)20-39/h5-7,10,12-13,16,20,22,24,26H,4,8-9,11,14-15,17-19,21H2,1-3H3. The zero-order valence-corrected chi connectivity index (χ0v) is 24.5. The number of halogens is 3. The van der Waals surface area contributed by atoms with Crippen LogP contribution in [-0.4, -0.2) is 65.2 Å². The Bertz CT molecular complexity index is 1260. The summed E-state index contributed by atoms with van der Waals surface area (Å²) in [6.07, 6.45) is 1.18. The average Bonchev–Trinajstić information content (AvgIpc) is 2.99. The molecule has 2 unspecified atom stereocenters. The van der Waals surface area contributed by atoms with Crippen LogP contribution < -0.4 is 4.74 Å². The van der Waals surface area contributed by atoms with E-state index in [2.05, 4.69) is 4.98 Å². The predicted octanol–water partition coefficient (Wildman–Crippen LogP) is 6.13. The van der Waals surface area contributed by atoms with Gasteiger partial charge in [0.05, 0.1) is 23.5 Å². The zero-order chi connectivity index (χ0) is 30.5. The van der Waals surface area contributed by atoms with Gasteiger partial charge < -0.3 is 19.3 Å². The molecule has 4 rings (SSSR count). The van der Waals surface area contributed by atoms with Crippen molar-refractivity contribution in [1.82, 2.24) is 14.8 Å². The summed E-state index contributed by atoms with van der Waals surface area (Å²) < 4.78 is 47.0. The molecule has 0 spiro atoms. The number of pyridine rings is 1. The van der Waals surface area contributed by atoms with E-state index < -0.39 is 40.7 Å². The number of carbonyl (C=O) groups excluding carboxylic acids is 3. The Morgan fingerprint density at radius 2 is 1.76 bits per heavy atom. The van der Waals surface area contributed by atoms with E-state index in [-0.39, 0.29) is 18.4 Å². The molecular weight excluding hydrogens is 547 g/mol. The molecule has 1 aromatic heterocycles. The monoisotopic (exact) mass is 587 g/mol. The number of aldehydes is 1. The summed E-state index contributed by atoms with van der Waals surface area (Å²) in [6, 6.07) is 9.35. The Morgan fingerprint density at radius 3 is 2.43 bits per heavy atom. The van der Waals surface area contributed by atoms with Crippen molar-refractivity contribution in [2.75, 3.05) is 26.2 Å². The van der Waals surface area contributed by atoms with Crippen LogP contribution in [-0.2, 0) is 15.8 Å². The highest BCUT2D eigenvalue weighted by Gasteiger charge is 2.43. The van der Waals surface area contributed by atoms with Gasteiger partial charge in [0, 0.05) is 31.9 Å². The van der Waals surface area contributed by atoms with Crippen molar-refractivity contribution >= 4 is 18.1 Å². The number of carbonyl (C=O) groups is 3. The van der Waals surface area contributed by atoms with Crippen molar-refractivity contribution in [3.8, 4) is 5.75 Å². The van der Waals surface area contributed by atoms with E-state index in [1.807, 2.05) is 49.9 Å². The molecule has 0 aliphatic carbocycles. The lowest BCUT2D eigenvalue weighted by molar-refractivity contribution is -0.141. The van der Waals surface area contributed by atoms with Gasteiger partial charge in [-0.1, -0.05) is 31.5 Å². The molecule has 1 aromatic carbocycles. The third-order valence-electron chi connectivity index (χ3n) is 8.34. The maximum Gasteiger partial charge on any atom is 0.418 e. The number of likely N-dealkylation sites (tertiary alicyclic amines) is 2. The van der Waals surface area contributed by atoms with Crippen molar-refractivity contribution in [2.24, 2.45) is 11.3 Å². The smallest absolute Gasteiger partial charge is 0.418 e. The van der Waals surface area contributed by atoms with Crippen LogP contribution in [0.25, 0.3) is 0 Å². The molecule has 10 heteroatoms. The summed E-state index contributed by atoms with van der Waals surface area (Å²) >= 11 is 0. The van der Waals surface area contributed by atoms with Crippen LogP contribution >= 0.6 is 0 Å². The fourth-order valence-corrected chi connectivity index (χ4v) is 6.08. The second-order valence-corrected chi connectivity index (χ2v) is 12.0. The number of nitrogens with zero attached hydrogens (tertiary/aromatic N) is 3. The first-order valence-electron chi connectivity index (χ1n) is 14.8. The number of aromatic nitrogens is 1. The minimum atomic E-state index is -4.71. The minimum Gasteiger partial charge on any atom is -0.492 e. The van der Waals surface area contributed by atoms with Crippen molar-refractivity contribution < 1.29 is 32.3 Å². The SMILES string of the molecule is CCCC1C(C(=O)N2CCC(c3ccccc3OCC(C)(C)C=O)CC2)CCCN1C(=O)c1ncccc1C(F)(F)F. The lowest BCUT2D eigenvalue weighted by atomic mass is 9.83. The quantitative estimate of drug-likeness (QED) is 0.330. The normalized spacial score (nSPS) is 20.3. The Hall–Kier alpha value is -3.43. The number of benzene rings is 1. The van der Waals surface area contributed by atoms with Gasteiger partial charge in [-0.25, -0.2) is 0 Å². The van der Waals surface area contributed by atoms with E-state index >= 15 is 0 Å². The molecule has 42 heavy (non-hydrogen) atoms. The van der Waals surface area contributed by atoms with Gasteiger partial charge in [-0.2, -0.15) is 13.2 Å². The Labute approximate surface area is 245 Å². The van der Waals surface area contributed by atoms with Crippen LogP contribution in [0.1, 0.15) is 86.8 Å². The molecule has 0 saturated carbocycles. The second-order valence-electron chi connectivity index (χ2n) is 12.0. The highest BCUT2D eigenvalue weighted by Crippen LogP contribution is 2.38. The average molecular weight is 588 g/mol. The number of hydrogen-bond acceptors (Lipinski definition) is 5. The highest BCUT2D eigenvalue weighted by atomic mass is 19.4. The fourth-order valence-electron chi connectivity index (χ4n) is 6.08. The molecule has 0 N–H and O–H groups in total. The number of para-hydroxylation sites is 1. The lowest BCUT2D eigenvalue weighted by Gasteiger charge is -2.43. The van der Waals surface area contributed by atoms with E-state index in [0.29, 0.717) is 45.3 Å². The molecule has 2 aliphatic heterocycles. The number of rotatable bonds is 9. The van der Waals surface area contributed by atoms with Gasteiger partial charge in [0.2, 0.25) is 5.91 Å². The third-order valence-corrected chi connectivity index (χ3v) is 8.34. The van der Waals surface area contributed by atoms with Crippen LogP contribution in [0.5, 0.6) is 5.75 Å². The summed E-state index contributed by atoms with van der Waals surface area (Å²) in [5.74, 6) is -0.357. The van der Waals surface area contributed by atoms with Gasteiger partial charge >= 0.3 is 6.18 Å². The third kappa shape index (κ3) is 7.13. The van der Waals surface area contributed by atoms with E-state index in [4.69, 9.17) is 4.74 Å². The Kier molecular flexibility index (Phi) is 9.94. The van der Waals surface area contributed by atoms with Crippen molar-refractivity contribution in [3.05, 3.63) is 59.4 Å². The molecule has 2 aromatic rings. The number of amides is 2. The first-order valence-corrected chi connectivity index (χ1v) is 14.8. The molecule has 2 aliphatic rings. The Morgan fingerprint density at radius 1 is 1.05 bits per heavy atom. The summed E-state index contributed by atoms with van der Waals surface area (Å²) in [5, 5.41) is 0.